The van der Waals surface area contributed by atoms with Crippen molar-refractivity contribution in [1.29, 1.82) is 0 Å². The second-order valence-corrected chi connectivity index (χ2v) is 6.08. The lowest BCUT2D eigenvalue weighted by Crippen LogP contribution is -2.32. The van der Waals surface area contributed by atoms with Crippen molar-refractivity contribution in [1.82, 2.24) is 0 Å². The molecule has 0 spiro atoms. The van der Waals surface area contributed by atoms with Gasteiger partial charge in [-0.1, -0.05) is 20.8 Å². The number of fused-ring (bicyclic) bond motifs is 2. The highest BCUT2D eigenvalue weighted by Crippen LogP contribution is 2.62. The fourth-order valence-corrected chi connectivity index (χ4v) is 3.57. The Balaban J connectivity index is 0.000000245. The highest BCUT2D eigenvalue weighted by Gasteiger charge is 2.56. The van der Waals surface area contributed by atoms with Crippen LogP contribution in [-0.4, -0.2) is 22.3 Å². The van der Waals surface area contributed by atoms with Crippen molar-refractivity contribution < 1.29 is 15.0 Å². The van der Waals surface area contributed by atoms with Gasteiger partial charge in [-0.3, -0.25) is 4.79 Å². The molecule has 2 aliphatic carbocycles. The summed E-state index contributed by atoms with van der Waals surface area (Å²) < 4.78 is 0. The third-order valence-corrected chi connectivity index (χ3v) is 3.77. The van der Waals surface area contributed by atoms with Crippen LogP contribution < -0.4 is 0 Å². The van der Waals surface area contributed by atoms with Crippen LogP contribution in [0.15, 0.2) is 0 Å². The summed E-state index contributed by atoms with van der Waals surface area (Å²) in [5.41, 5.74) is 0.861. The van der Waals surface area contributed by atoms with Gasteiger partial charge in [-0.05, 0) is 36.0 Å². The fourth-order valence-electron chi connectivity index (χ4n) is 3.57. The molecule has 15 heavy (non-hydrogen) atoms. The summed E-state index contributed by atoms with van der Waals surface area (Å²) in [5, 5.41) is 17.1. The van der Waals surface area contributed by atoms with Gasteiger partial charge in [-0.15, -0.1) is 0 Å². The molecule has 0 aliphatic heterocycles. The van der Waals surface area contributed by atoms with Crippen LogP contribution in [0.3, 0.4) is 0 Å². The molecule has 3 heteroatoms. The molecule has 3 unspecified atom stereocenters. The molecule has 88 valence electrons. The number of carbonyl (C=O) groups is 1. The molecule has 2 bridgehead atoms. The molecule has 0 aromatic carbocycles. The van der Waals surface area contributed by atoms with Crippen LogP contribution in [-0.2, 0) is 4.79 Å². The Bertz CT molecular complexity index is 253. The molecule has 0 aromatic heterocycles. The van der Waals surface area contributed by atoms with Crippen LogP contribution in [0, 0.1) is 16.7 Å². The first-order chi connectivity index (χ1) is 6.66. The van der Waals surface area contributed by atoms with Crippen molar-refractivity contribution in [2.45, 2.75) is 53.1 Å². The van der Waals surface area contributed by atoms with Crippen LogP contribution in [0.2, 0.25) is 0 Å². The van der Waals surface area contributed by atoms with E-state index >= 15 is 0 Å². The number of hydrogen-bond donors (Lipinski definition) is 2. The van der Waals surface area contributed by atoms with E-state index in [4.69, 9.17) is 9.90 Å². The molecule has 2 N–H and O–H groups in total. The summed E-state index contributed by atoms with van der Waals surface area (Å²) in [7, 11) is 0. The van der Waals surface area contributed by atoms with Crippen molar-refractivity contribution in [2.24, 2.45) is 16.7 Å². The predicted molar refractivity (Wildman–Crippen MR) is 58.5 cm³/mol. The number of aliphatic carboxylic acids is 1. The van der Waals surface area contributed by atoms with Crippen LogP contribution >= 0.6 is 0 Å². The Morgan fingerprint density at radius 1 is 1.27 bits per heavy atom. The summed E-state index contributed by atoms with van der Waals surface area (Å²) in [5.74, 6) is -0.257. The summed E-state index contributed by atoms with van der Waals surface area (Å²) in [6.07, 6.45) is 3.59. The van der Waals surface area contributed by atoms with Crippen molar-refractivity contribution in [3.63, 3.8) is 0 Å². The van der Waals surface area contributed by atoms with E-state index in [1.165, 1.54) is 12.8 Å². The lowest BCUT2D eigenvalue weighted by molar-refractivity contribution is -0.134. The Labute approximate surface area is 91.5 Å². The first kappa shape index (κ1) is 12.5. The van der Waals surface area contributed by atoms with Crippen LogP contribution in [0.25, 0.3) is 0 Å². The summed E-state index contributed by atoms with van der Waals surface area (Å²) in [6, 6.07) is 0. The summed E-state index contributed by atoms with van der Waals surface area (Å²) in [6.45, 7) is 8.00. The maximum absolute atomic E-state index is 9.72. The first-order valence-corrected chi connectivity index (χ1v) is 5.54. The number of aliphatic hydroxyl groups excluding tert-OH is 1. The van der Waals surface area contributed by atoms with Gasteiger partial charge in [0.05, 0.1) is 6.10 Å². The van der Waals surface area contributed by atoms with E-state index in [2.05, 4.69) is 20.8 Å². The van der Waals surface area contributed by atoms with E-state index < -0.39 is 5.97 Å². The van der Waals surface area contributed by atoms with Crippen LogP contribution in [0.4, 0.5) is 0 Å². The summed E-state index contributed by atoms with van der Waals surface area (Å²) in [4.78, 5) is 9.00. The smallest absolute Gasteiger partial charge is 0.300 e. The van der Waals surface area contributed by atoms with E-state index in [9.17, 15) is 5.11 Å². The standard InChI is InChI=1S/C10H18O.C2H4O2/c1-9(2)6-10(3)4-7(9)8(11)5-10;1-2(3)4/h7-8,11H,4-6H2,1-3H3;1H3,(H,3,4). The zero-order valence-corrected chi connectivity index (χ0v) is 10.1. The maximum Gasteiger partial charge on any atom is 0.300 e. The number of carboxylic acid groups (broad SMARTS) is 1. The van der Waals surface area contributed by atoms with E-state index in [0.717, 1.165) is 13.3 Å². The van der Waals surface area contributed by atoms with Gasteiger partial charge in [-0.25, -0.2) is 0 Å². The number of hydrogen-bond acceptors (Lipinski definition) is 2. The lowest BCUT2D eigenvalue weighted by atomic mass is 9.72. The molecule has 3 nitrogen and oxygen atoms in total. The molecular formula is C12H22O3. The second-order valence-electron chi connectivity index (χ2n) is 6.08. The van der Waals surface area contributed by atoms with Gasteiger partial charge in [0.25, 0.3) is 5.97 Å². The van der Waals surface area contributed by atoms with Gasteiger partial charge in [0, 0.05) is 6.92 Å². The molecule has 0 amide bonds. The zero-order valence-electron chi connectivity index (χ0n) is 10.1. The van der Waals surface area contributed by atoms with Crippen LogP contribution in [0.1, 0.15) is 47.0 Å². The minimum absolute atomic E-state index is 0.0104. The average molecular weight is 214 g/mol. The monoisotopic (exact) mass is 214 g/mol. The molecule has 3 atom stereocenters. The average Bonchev–Trinajstić information content (AvgIpc) is 2.33. The largest absolute Gasteiger partial charge is 0.481 e. The van der Waals surface area contributed by atoms with Gasteiger partial charge in [0.2, 0.25) is 0 Å². The maximum atomic E-state index is 9.72. The van der Waals surface area contributed by atoms with Gasteiger partial charge in [-0.2, -0.15) is 0 Å². The van der Waals surface area contributed by atoms with Crippen molar-refractivity contribution in [3.8, 4) is 0 Å². The Morgan fingerprint density at radius 3 is 1.93 bits per heavy atom. The van der Waals surface area contributed by atoms with Crippen molar-refractivity contribution in [3.05, 3.63) is 0 Å². The summed E-state index contributed by atoms with van der Waals surface area (Å²) >= 11 is 0. The van der Waals surface area contributed by atoms with E-state index in [-0.39, 0.29) is 6.10 Å². The topological polar surface area (TPSA) is 57.5 Å². The highest BCUT2D eigenvalue weighted by molar-refractivity contribution is 5.62. The molecule has 0 radical (unpaired) electrons. The lowest BCUT2D eigenvalue weighted by Gasteiger charge is -2.36. The quantitative estimate of drug-likeness (QED) is 0.650. The molecule has 2 fully saturated rings. The fraction of sp³-hybridized carbons (Fsp3) is 0.917. The molecule has 0 heterocycles. The Kier molecular flexibility index (Phi) is 3.15. The molecule has 0 saturated heterocycles. The van der Waals surface area contributed by atoms with Gasteiger partial charge >= 0.3 is 0 Å². The zero-order chi connectivity index (χ0) is 11.9. The molecule has 2 aliphatic rings. The Hall–Kier alpha value is -0.570. The number of carboxylic acids is 1. The highest BCUT2D eigenvalue weighted by atomic mass is 16.4. The Morgan fingerprint density at radius 2 is 1.73 bits per heavy atom. The molecule has 2 rings (SSSR count). The number of rotatable bonds is 0. The predicted octanol–water partition coefficient (Wildman–Crippen LogP) is 2.28. The van der Waals surface area contributed by atoms with Gasteiger partial charge in [0.1, 0.15) is 0 Å². The molecule has 2 saturated carbocycles. The third-order valence-electron chi connectivity index (χ3n) is 3.77. The van der Waals surface area contributed by atoms with Crippen LogP contribution in [0.5, 0.6) is 0 Å². The second kappa shape index (κ2) is 3.78. The van der Waals surface area contributed by atoms with E-state index in [1.54, 1.807) is 0 Å². The SMILES string of the molecule is CC(=O)O.CC12CC(O)C(C1)C(C)(C)C2. The van der Waals surface area contributed by atoms with Gasteiger partial charge < -0.3 is 10.2 Å². The van der Waals surface area contributed by atoms with E-state index in [1.807, 2.05) is 0 Å². The van der Waals surface area contributed by atoms with Crippen molar-refractivity contribution >= 4 is 5.97 Å². The molecule has 0 aromatic rings. The minimum atomic E-state index is -0.833. The van der Waals surface area contributed by atoms with Gasteiger partial charge in [0.15, 0.2) is 0 Å². The normalized spacial score (nSPS) is 40.9. The minimum Gasteiger partial charge on any atom is -0.481 e. The molecular weight excluding hydrogens is 192 g/mol. The third kappa shape index (κ3) is 2.71. The number of aliphatic hydroxyl groups is 1. The first-order valence-electron chi connectivity index (χ1n) is 5.54. The van der Waals surface area contributed by atoms with Crippen molar-refractivity contribution in [2.75, 3.05) is 0 Å². The van der Waals surface area contributed by atoms with E-state index in [0.29, 0.717) is 16.7 Å².